The van der Waals surface area contributed by atoms with Crippen LogP contribution in [0.3, 0.4) is 0 Å². The normalized spacial score (nSPS) is 16.6. The van der Waals surface area contributed by atoms with Gasteiger partial charge in [-0.15, -0.1) is 0 Å². The Morgan fingerprint density at radius 2 is 1.62 bits per heavy atom. The van der Waals surface area contributed by atoms with Gasteiger partial charge >= 0.3 is 11.9 Å². The Labute approximate surface area is 179 Å². The zero-order valence-electron chi connectivity index (χ0n) is 16.4. The smallest absolute Gasteiger partial charge is 0.321 e. The van der Waals surface area contributed by atoms with Gasteiger partial charge in [-0.1, -0.05) is 70.5 Å². The third kappa shape index (κ3) is 4.67. The molecule has 0 amide bonds. The number of ether oxygens (including phenoxy) is 2. The van der Waals surface area contributed by atoms with Gasteiger partial charge in [0.2, 0.25) is 0 Å². The zero-order chi connectivity index (χ0) is 20.8. The predicted molar refractivity (Wildman–Crippen MR) is 117 cm³/mol. The third-order valence-corrected chi connectivity index (χ3v) is 5.49. The summed E-state index contributed by atoms with van der Waals surface area (Å²) in [6.07, 6.45) is 5.93. The first-order valence-corrected chi connectivity index (χ1v) is 10.4. The summed E-state index contributed by atoms with van der Waals surface area (Å²) in [5.41, 5.74) is 3.94. The minimum atomic E-state index is -1.03. The van der Waals surface area contributed by atoms with Crippen LogP contribution in [0.1, 0.15) is 36.5 Å². The predicted octanol–water partition coefficient (Wildman–Crippen LogP) is 5.39. The Morgan fingerprint density at radius 3 is 2.28 bits per heavy atom. The van der Waals surface area contributed by atoms with E-state index in [1.54, 1.807) is 13.8 Å². The van der Waals surface area contributed by atoms with Gasteiger partial charge in [-0.25, -0.2) is 0 Å². The van der Waals surface area contributed by atoms with Crippen molar-refractivity contribution in [2.24, 2.45) is 5.92 Å². The maximum Gasteiger partial charge on any atom is 0.321 e. The van der Waals surface area contributed by atoms with Crippen LogP contribution < -0.4 is 0 Å². The van der Waals surface area contributed by atoms with Crippen molar-refractivity contribution in [1.29, 1.82) is 0 Å². The van der Waals surface area contributed by atoms with E-state index in [4.69, 9.17) is 9.47 Å². The van der Waals surface area contributed by atoms with Gasteiger partial charge in [0, 0.05) is 10.4 Å². The van der Waals surface area contributed by atoms with Gasteiger partial charge < -0.3 is 9.47 Å². The number of carbonyl (C=O) groups excluding carboxylic acids is 2. The van der Waals surface area contributed by atoms with Gasteiger partial charge in [0.25, 0.3) is 0 Å². The van der Waals surface area contributed by atoms with Gasteiger partial charge in [0.05, 0.1) is 13.2 Å². The molecule has 4 nitrogen and oxygen atoms in total. The highest BCUT2D eigenvalue weighted by Crippen LogP contribution is 2.39. The molecule has 0 saturated carbocycles. The van der Waals surface area contributed by atoms with Crippen molar-refractivity contribution in [1.82, 2.24) is 0 Å². The number of allylic oxidation sites excluding steroid dienone is 3. The van der Waals surface area contributed by atoms with Crippen LogP contribution >= 0.6 is 15.9 Å². The van der Waals surface area contributed by atoms with E-state index in [1.165, 1.54) is 0 Å². The zero-order valence-corrected chi connectivity index (χ0v) is 18.0. The fraction of sp³-hybridized carbons (Fsp3) is 0.250. The molecule has 1 unspecified atom stereocenters. The standard InChI is InChI=1S/C24H23BrO4/c1-3-28-23(26)22(24(27)29-4-2)20-14-13-16(18-10-6-7-11-19(18)20)15-17-9-5-8-12-21(17)25/h5-15,20,22H,3-4H2,1-2H3/b16-15+. The van der Waals surface area contributed by atoms with Crippen LogP contribution in [0.15, 0.2) is 65.2 Å². The second kappa shape index (κ2) is 9.70. The summed E-state index contributed by atoms with van der Waals surface area (Å²) in [5, 5.41) is 0. The Hall–Kier alpha value is -2.66. The highest BCUT2D eigenvalue weighted by atomic mass is 79.9. The second-order valence-electron chi connectivity index (χ2n) is 6.58. The van der Waals surface area contributed by atoms with E-state index < -0.39 is 23.8 Å². The molecule has 0 heterocycles. The molecule has 1 atom stereocenters. The van der Waals surface area contributed by atoms with Crippen LogP contribution in [-0.4, -0.2) is 25.2 Å². The summed E-state index contributed by atoms with van der Waals surface area (Å²) in [6, 6.07) is 15.8. The van der Waals surface area contributed by atoms with Crippen LogP contribution in [0.25, 0.3) is 11.6 Å². The maximum atomic E-state index is 12.6. The molecule has 0 saturated heterocycles. The van der Waals surface area contributed by atoms with Crippen molar-refractivity contribution in [3.8, 4) is 0 Å². The van der Waals surface area contributed by atoms with Gasteiger partial charge in [-0.05, 0) is 48.3 Å². The van der Waals surface area contributed by atoms with Crippen LogP contribution in [0.5, 0.6) is 0 Å². The maximum absolute atomic E-state index is 12.6. The molecule has 2 aromatic carbocycles. The summed E-state index contributed by atoms with van der Waals surface area (Å²) in [7, 11) is 0. The number of fused-ring (bicyclic) bond motifs is 1. The SMILES string of the molecule is CCOC(=O)C(C(=O)OCC)C1C=C/C(=C\c2ccccc2Br)c2ccccc21. The number of benzene rings is 2. The summed E-state index contributed by atoms with van der Waals surface area (Å²) in [6.45, 7) is 3.87. The first-order chi connectivity index (χ1) is 14.1. The number of hydrogen-bond acceptors (Lipinski definition) is 4. The second-order valence-corrected chi connectivity index (χ2v) is 7.43. The Bertz CT molecular complexity index is 943. The lowest BCUT2D eigenvalue weighted by Gasteiger charge is -2.27. The van der Waals surface area contributed by atoms with E-state index >= 15 is 0 Å². The molecule has 0 N–H and O–H groups in total. The fourth-order valence-electron chi connectivity index (χ4n) is 3.48. The fourth-order valence-corrected chi connectivity index (χ4v) is 3.88. The van der Waals surface area contributed by atoms with E-state index in [-0.39, 0.29) is 13.2 Å². The first kappa shape index (κ1) is 21.1. The monoisotopic (exact) mass is 454 g/mol. The summed E-state index contributed by atoms with van der Waals surface area (Å²) in [5.74, 6) is -2.60. The molecule has 5 heteroatoms. The van der Waals surface area contributed by atoms with Crippen LogP contribution in [0, 0.1) is 5.92 Å². The van der Waals surface area contributed by atoms with E-state index in [9.17, 15) is 9.59 Å². The molecule has 0 aromatic heterocycles. The quantitative estimate of drug-likeness (QED) is 0.433. The van der Waals surface area contributed by atoms with Gasteiger partial charge in [-0.2, -0.15) is 0 Å². The first-order valence-electron chi connectivity index (χ1n) is 9.63. The number of hydrogen-bond donors (Lipinski definition) is 0. The average molecular weight is 455 g/mol. The lowest BCUT2D eigenvalue weighted by atomic mass is 9.77. The molecule has 29 heavy (non-hydrogen) atoms. The summed E-state index contributed by atoms with van der Waals surface area (Å²) in [4.78, 5) is 25.2. The molecule has 1 aliphatic carbocycles. The van der Waals surface area contributed by atoms with Crippen molar-refractivity contribution in [3.63, 3.8) is 0 Å². The number of esters is 2. The molecule has 150 valence electrons. The van der Waals surface area contributed by atoms with Crippen molar-refractivity contribution in [2.75, 3.05) is 13.2 Å². The molecule has 0 spiro atoms. The Kier molecular flexibility index (Phi) is 7.04. The molecule has 3 rings (SSSR count). The highest BCUT2D eigenvalue weighted by molar-refractivity contribution is 9.10. The molecular weight excluding hydrogens is 432 g/mol. The topological polar surface area (TPSA) is 52.6 Å². The van der Waals surface area contributed by atoms with E-state index in [2.05, 4.69) is 22.0 Å². The van der Waals surface area contributed by atoms with Gasteiger partial charge in [0.1, 0.15) is 0 Å². The average Bonchev–Trinajstić information content (AvgIpc) is 2.72. The van der Waals surface area contributed by atoms with Crippen molar-refractivity contribution >= 4 is 39.5 Å². The van der Waals surface area contributed by atoms with Crippen LogP contribution in [-0.2, 0) is 19.1 Å². The van der Waals surface area contributed by atoms with E-state index in [0.717, 1.165) is 26.7 Å². The minimum absolute atomic E-state index is 0.208. The van der Waals surface area contributed by atoms with Crippen molar-refractivity contribution < 1.29 is 19.1 Å². The lowest BCUT2D eigenvalue weighted by Crippen LogP contribution is -2.33. The molecule has 1 aliphatic rings. The molecule has 0 fully saturated rings. The Morgan fingerprint density at radius 1 is 1.00 bits per heavy atom. The van der Waals surface area contributed by atoms with E-state index in [0.29, 0.717) is 0 Å². The molecule has 0 aliphatic heterocycles. The highest BCUT2D eigenvalue weighted by Gasteiger charge is 2.39. The summed E-state index contributed by atoms with van der Waals surface area (Å²) >= 11 is 3.58. The van der Waals surface area contributed by atoms with Crippen molar-refractivity contribution in [2.45, 2.75) is 19.8 Å². The van der Waals surface area contributed by atoms with Crippen LogP contribution in [0.2, 0.25) is 0 Å². The van der Waals surface area contributed by atoms with Crippen molar-refractivity contribution in [3.05, 3.63) is 81.8 Å². The van der Waals surface area contributed by atoms with Crippen LogP contribution in [0.4, 0.5) is 0 Å². The van der Waals surface area contributed by atoms with E-state index in [1.807, 2.05) is 60.7 Å². The number of rotatable bonds is 6. The minimum Gasteiger partial charge on any atom is -0.465 e. The van der Waals surface area contributed by atoms with Gasteiger partial charge in [0.15, 0.2) is 5.92 Å². The largest absolute Gasteiger partial charge is 0.465 e. The van der Waals surface area contributed by atoms with Gasteiger partial charge in [-0.3, -0.25) is 9.59 Å². The molecule has 2 aromatic rings. The lowest BCUT2D eigenvalue weighted by molar-refractivity contribution is -0.162. The number of carbonyl (C=O) groups is 2. The third-order valence-electron chi connectivity index (χ3n) is 4.77. The summed E-state index contributed by atoms with van der Waals surface area (Å²) < 4.78 is 11.4. The molecule has 0 radical (unpaired) electrons. The molecular formula is C24H23BrO4. The Balaban J connectivity index is 2.06. The molecule has 0 bridgehead atoms. The number of halogens is 1.